The number of carbonyl (C=O) groups is 2. The molecule has 1 aromatic rings. The second kappa shape index (κ2) is 14.3. The van der Waals surface area contributed by atoms with Crippen molar-refractivity contribution in [2.45, 2.75) is 34.0 Å². The Labute approximate surface area is 177 Å². The van der Waals surface area contributed by atoms with Gasteiger partial charge in [-0.3, -0.25) is 9.59 Å². The molecule has 0 saturated heterocycles. The molecule has 0 heterocycles. The molecular weight excluding hydrogens is 420 g/mol. The van der Waals surface area contributed by atoms with Gasteiger partial charge >= 0.3 is 13.2 Å². The number of primary amides is 1. The minimum Gasteiger partial charge on any atom is -0.430 e. The molecule has 0 aliphatic heterocycles. The van der Waals surface area contributed by atoms with Gasteiger partial charge < -0.3 is 20.5 Å². The SMILES string of the molecule is C#C\C(OC(F)F)=C(/C=C(C)/C=C/C(=O)Nc1ccccc1C(N)=O)OC(F)F.CC. The monoisotopic (exact) mass is 442 g/mol. The van der Waals surface area contributed by atoms with E-state index in [1.165, 1.54) is 25.1 Å². The molecule has 0 spiro atoms. The van der Waals surface area contributed by atoms with E-state index in [0.717, 1.165) is 12.2 Å². The molecule has 168 valence electrons. The van der Waals surface area contributed by atoms with Gasteiger partial charge in [-0.2, -0.15) is 17.6 Å². The predicted molar refractivity (Wildman–Crippen MR) is 108 cm³/mol. The number of ether oxygens (including phenoxy) is 2. The Hall–Kier alpha value is -3.74. The van der Waals surface area contributed by atoms with E-state index in [-0.39, 0.29) is 16.8 Å². The van der Waals surface area contributed by atoms with Crippen LogP contribution in [0.25, 0.3) is 0 Å². The van der Waals surface area contributed by atoms with Crippen LogP contribution in [0.1, 0.15) is 31.1 Å². The molecule has 0 aliphatic carbocycles. The molecule has 6 nitrogen and oxygen atoms in total. The normalized spacial score (nSPS) is 11.9. The zero-order chi connectivity index (χ0) is 24.0. The van der Waals surface area contributed by atoms with Gasteiger partial charge in [-0.05, 0) is 36.6 Å². The third kappa shape index (κ3) is 10.6. The molecule has 2 amide bonds. The number of terminal acetylenes is 1. The van der Waals surface area contributed by atoms with Crippen molar-refractivity contribution in [1.29, 1.82) is 0 Å². The van der Waals surface area contributed by atoms with Crippen LogP contribution in [-0.4, -0.2) is 25.0 Å². The van der Waals surface area contributed by atoms with Crippen molar-refractivity contribution in [3.8, 4) is 12.3 Å². The summed E-state index contributed by atoms with van der Waals surface area (Å²) in [6.07, 6.45) is 8.05. The lowest BCUT2D eigenvalue weighted by atomic mass is 10.1. The first-order valence-electron chi connectivity index (χ1n) is 8.80. The highest BCUT2D eigenvalue weighted by Crippen LogP contribution is 2.18. The first-order valence-corrected chi connectivity index (χ1v) is 8.80. The van der Waals surface area contributed by atoms with Crippen LogP contribution >= 0.6 is 0 Å². The van der Waals surface area contributed by atoms with Crippen LogP contribution in [0.2, 0.25) is 0 Å². The largest absolute Gasteiger partial charge is 0.430 e. The van der Waals surface area contributed by atoms with Gasteiger partial charge in [-0.1, -0.05) is 32.1 Å². The standard InChI is InChI=1S/C19H16F4N2O4.C2H6/c1-3-14(28-18(20)21)15(29-19(22)23)10-11(2)8-9-16(26)25-13-7-5-4-6-12(13)17(24)27;1-2/h1,4-10,18-19H,2H3,(H2,24,27)(H,25,26);1-2H3/b9-8+,11-10+,15-14-;. The van der Waals surface area contributed by atoms with Crippen LogP contribution in [0.4, 0.5) is 23.2 Å². The minimum absolute atomic E-state index is 0.0832. The Morgan fingerprint density at radius 3 is 2.19 bits per heavy atom. The molecule has 31 heavy (non-hydrogen) atoms. The highest BCUT2D eigenvalue weighted by Gasteiger charge is 2.15. The van der Waals surface area contributed by atoms with E-state index in [9.17, 15) is 27.2 Å². The Morgan fingerprint density at radius 1 is 1.10 bits per heavy atom. The van der Waals surface area contributed by atoms with E-state index in [0.29, 0.717) is 0 Å². The number of nitrogens with one attached hydrogen (secondary N) is 1. The van der Waals surface area contributed by atoms with Crippen LogP contribution in [0.3, 0.4) is 0 Å². The number of benzene rings is 1. The molecule has 10 heteroatoms. The average molecular weight is 442 g/mol. The van der Waals surface area contributed by atoms with Gasteiger partial charge in [0.2, 0.25) is 11.7 Å². The first-order chi connectivity index (χ1) is 14.6. The first kappa shape index (κ1) is 27.3. The van der Waals surface area contributed by atoms with E-state index in [1.54, 1.807) is 18.1 Å². The molecule has 0 fully saturated rings. The van der Waals surface area contributed by atoms with E-state index >= 15 is 0 Å². The second-order valence-corrected chi connectivity index (χ2v) is 5.22. The quantitative estimate of drug-likeness (QED) is 0.193. The fourth-order valence-corrected chi connectivity index (χ4v) is 1.94. The number of para-hydroxylation sites is 1. The number of nitrogens with two attached hydrogens (primary N) is 1. The molecule has 0 aliphatic rings. The third-order valence-electron chi connectivity index (χ3n) is 3.08. The second-order valence-electron chi connectivity index (χ2n) is 5.22. The lowest BCUT2D eigenvalue weighted by Crippen LogP contribution is -2.16. The van der Waals surface area contributed by atoms with Gasteiger partial charge in [0.1, 0.15) is 0 Å². The Bertz CT molecular complexity index is 888. The van der Waals surface area contributed by atoms with Gasteiger partial charge in [0, 0.05) is 6.08 Å². The molecule has 0 atom stereocenters. The molecular formula is C21H22F4N2O4. The van der Waals surface area contributed by atoms with E-state index < -0.39 is 36.6 Å². The predicted octanol–water partition coefficient (Wildman–Crippen LogP) is 4.58. The summed E-state index contributed by atoms with van der Waals surface area (Å²) in [7, 11) is 0. The van der Waals surface area contributed by atoms with Crippen molar-refractivity contribution in [1.82, 2.24) is 0 Å². The van der Waals surface area contributed by atoms with Crippen LogP contribution in [0.15, 0.2) is 59.6 Å². The molecule has 1 aromatic carbocycles. The van der Waals surface area contributed by atoms with Crippen molar-refractivity contribution >= 4 is 17.5 Å². The van der Waals surface area contributed by atoms with Gasteiger partial charge in [0.05, 0.1) is 11.3 Å². The fourth-order valence-electron chi connectivity index (χ4n) is 1.94. The van der Waals surface area contributed by atoms with E-state index in [1.807, 2.05) is 13.8 Å². The third-order valence-corrected chi connectivity index (χ3v) is 3.08. The van der Waals surface area contributed by atoms with Crippen molar-refractivity contribution in [2.24, 2.45) is 5.73 Å². The summed E-state index contributed by atoms with van der Waals surface area (Å²) in [4.78, 5) is 23.3. The van der Waals surface area contributed by atoms with Gasteiger partial charge in [0.15, 0.2) is 5.76 Å². The molecule has 0 saturated carbocycles. The number of rotatable bonds is 9. The average Bonchev–Trinajstić information content (AvgIpc) is 2.71. The summed E-state index contributed by atoms with van der Waals surface area (Å²) in [6.45, 7) is -1.33. The van der Waals surface area contributed by atoms with Crippen LogP contribution in [-0.2, 0) is 14.3 Å². The Kier molecular flexibility index (Phi) is 12.6. The van der Waals surface area contributed by atoms with Crippen LogP contribution in [0.5, 0.6) is 0 Å². The Balaban J connectivity index is 0.00000436. The number of carbonyl (C=O) groups excluding carboxylic acids is 2. The van der Waals surface area contributed by atoms with Crippen LogP contribution in [0, 0.1) is 12.3 Å². The topological polar surface area (TPSA) is 90.6 Å². The maximum atomic E-state index is 12.5. The lowest BCUT2D eigenvalue weighted by molar-refractivity contribution is -0.116. The lowest BCUT2D eigenvalue weighted by Gasteiger charge is -2.10. The smallest absolute Gasteiger partial charge is 0.388 e. The summed E-state index contributed by atoms with van der Waals surface area (Å²) in [5.74, 6) is -1.49. The van der Waals surface area contributed by atoms with Crippen molar-refractivity contribution in [3.05, 3.63) is 65.1 Å². The summed E-state index contributed by atoms with van der Waals surface area (Å²) < 4.78 is 57.8. The number of halogens is 4. The zero-order valence-corrected chi connectivity index (χ0v) is 17.0. The number of alkyl halides is 4. The maximum Gasteiger partial charge on any atom is 0.388 e. The van der Waals surface area contributed by atoms with E-state index in [4.69, 9.17) is 12.2 Å². The number of allylic oxidation sites excluding steroid dienone is 4. The number of amides is 2. The Morgan fingerprint density at radius 2 is 1.68 bits per heavy atom. The van der Waals surface area contributed by atoms with E-state index in [2.05, 4.69) is 14.8 Å². The van der Waals surface area contributed by atoms with Gasteiger partial charge in [0.25, 0.3) is 5.91 Å². The maximum absolute atomic E-state index is 12.5. The van der Waals surface area contributed by atoms with Gasteiger partial charge in [-0.15, -0.1) is 6.42 Å². The van der Waals surface area contributed by atoms with Crippen molar-refractivity contribution < 1.29 is 36.6 Å². The number of anilines is 1. The minimum atomic E-state index is -3.35. The number of hydrogen-bond donors (Lipinski definition) is 2. The zero-order valence-electron chi connectivity index (χ0n) is 17.0. The molecule has 0 radical (unpaired) electrons. The van der Waals surface area contributed by atoms with Crippen LogP contribution < -0.4 is 11.1 Å². The van der Waals surface area contributed by atoms with Crippen molar-refractivity contribution in [3.63, 3.8) is 0 Å². The molecule has 3 N–H and O–H groups in total. The summed E-state index contributed by atoms with van der Waals surface area (Å²) in [6, 6.07) is 5.99. The van der Waals surface area contributed by atoms with Gasteiger partial charge in [-0.25, -0.2) is 0 Å². The highest BCUT2D eigenvalue weighted by atomic mass is 19.3. The molecule has 0 unspecified atom stereocenters. The summed E-state index contributed by atoms with van der Waals surface area (Å²) >= 11 is 0. The fraction of sp³-hybridized carbons (Fsp3) is 0.238. The molecule has 0 aromatic heterocycles. The van der Waals surface area contributed by atoms with Crippen molar-refractivity contribution in [2.75, 3.05) is 5.32 Å². The molecule has 0 bridgehead atoms. The number of hydrogen-bond acceptors (Lipinski definition) is 4. The molecule has 1 rings (SSSR count). The summed E-state index contributed by atoms with van der Waals surface area (Å²) in [5, 5.41) is 2.42. The summed E-state index contributed by atoms with van der Waals surface area (Å²) in [5.41, 5.74) is 5.59. The highest BCUT2D eigenvalue weighted by molar-refractivity contribution is 6.06.